The van der Waals surface area contributed by atoms with Gasteiger partial charge in [-0.05, 0) is 51.6 Å². The molecule has 0 spiro atoms. The second kappa shape index (κ2) is 6.22. The first-order valence-corrected chi connectivity index (χ1v) is 8.16. The minimum Gasteiger partial charge on any atom is -0.481 e. The van der Waals surface area contributed by atoms with Crippen molar-refractivity contribution in [2.24, 2.45) is 5.92 Å². The SMILES string of the molecule is O=C(O)C1CCC(NC(=O)N2CCC(N3CCCC3)C2)C1. The van der Waals surface area contributed by atoms with Crippen LogP contribution in [0.25, 0.3) is 0 Å². The van der Waals surface area contributed by atoms with Crippen LogP contribution in [0, 0.1) is 5.92 Å². The summed E-state index contributed by atoms with van der Waals surface area (Å²) in [6, 6.07) is 0.547. The van der Waals surface area contributed by atoms with Gasteiger partial charge in [-0.1, -0.05) is 0 Å². The molecule has 2 saturated heterocycles. The van der Waals surface area contributed by atoms with Gasteiger partial charge in [0.1, 0.15) is 0 Å². The Hall–Kier alpha value is -1.30. The summed E-state index contributed by atoms with van der Waals surface area (Å²) in [4.78, 5) is 27.6. The molecular formula is C15H25N3O3. The molecule has 6 nitrogen and oxygen atoms in total. The Balaban J connectivity index is 1.45. The van der Waals surface area contributed by atoms with E-state index < -0.39 is 5.97 Å². The molecule has 0 radical (unpaired) electrons. The number of rotatable bonds is 3. The molecule has 3 rings (SSSR count). The molecule has 2 heterocycles. The summed E-state index contributed by atoms with van der Waals surface area (Å²) >= 11 is 0. The highest BCUT2D eigenvalue weighted by Crippen LogP contribution is 2.26. The van der Waals surface area contributed by atoms with E-state index in [2.05, 4.69) is 10.2 Å². The van der Waals surface area contributed by atoms with Gasteiger partial charge in [0.05, 0.1) is 5.92 Å². The largest absolute Gasteiger partial charge is 0.481 e. The Kier molecular flexibility index (Phi) is 4.33. The average molecular weight is 295 g/mol. The van der Waals surface area contributed by atoms with Gasteiger partial charge < -0.3 is 15.3 Å². The molecule has 2 aliphatic heterocycles. The second-order valence-electron chi connectivity index (χ2n) is 6.63. The first-order valence-electron chi connectivity index (χ1n) is 8.16. The number of carboxylic acids is 1. The molecule has 0 aromatic rings. The third-order valence-electron chi connectivity index (χ3n) is 5.22. The van der Waals surface area contributed by atoms with Gasteiger partial charge in [-0.15, -0.1) is 0 Å². The third-order valence-corrected chi connectivity index (χ3v) is 5.22. The molecule has 3 unspecified atom stereocenters. The van der Waals surface area contributed by atoms with E-state index in [-0.39, 0.29) is 18.0 Å². The fraction of sp³-hybridized carbons (Fsp3) is 0.867. The fourth-order valence-electron chi connectivity index (χ4n) is 3.93. The minimum absolute atomic E-state index is 0.00673. The number of hydrogen-bond acceptors (Lipinski definition) is 3. The van der Waals surface area contributed by atoms with Crippen LogP contribution < -0.4 is 5.32 Å². The van der Waals surface area contributed by atoms with Crippen molar-refractivity contribution in [3.05, 3.63) is 0 Å². The first-order chi connectivity index (χ1) is 10.1. The van der Waals surface area contributed by atoms with Gasteiger partial charge in [-0.3, -0.25) is 9.69 Å². The summed E-state index contributed by atoms with van der Waals surface area (Å²) in [5, 5.41) is 12.0. The molecule has 0 aromatic carbocycles. The molecule has 6 heteroatoms. The van der Waals surface area contributed by atoms with E-state index in [9.17, 15) is 9.59 Å². The van der Waals surface area contributed by atoms with Crippen LogP contribution in [0.4, 0.5) is 4.79 Å². The Morgan fingerprint density at radius 2 is 1.81 bits per heavy atom. The number of carbonyl (C=O) groups is 2. The highest BCUT2D eigenvalue weighted by atomic mass is 16.4. The standard InChI is InChI=1S/C15H25N3O3/c19-14(20)11-3-4-12(9-11)16-15(21)18-8-5-13(10-18)17-6-1-2-7-17/h11-13H,1-10H2,(H,16,21)(H,19,20). The number of urea groups is 1. The van der Waals surface area contributed by atoms with Gasteiger partial charge in [0.2, 0.25) is 0 Å². The molecule has 0 aromatic heterocycles. The highest BCUT2D eigenvalue weighted by Gasteiger charge is 2.34. The molecule has 2 N–H and O–H groups in total. The molecular weight excluding hydrogens is 270 g/mol. The lowest BCUT2D eigenvalue weighted by molar-refractivity contribution is -0.141. The lowest BCUT2D eigenvalue weighted by atomic mass is 10.1. The van der Waals surface area contributed by atoms with Crippen molar-refractivity contribution in [3.8, 4) is 0 Å². The van der Waals surface area contributed by atoms with Gasteiger partial charge in [0, 0.05) is 25.2 Å². The Morgan fingerprint density at radius 1 is 1.05 bits per heavy atom. The average Bonchev–Trinajstić information content (AvgIpc) is 3.19. The van der Waals surface area contributed by atoms with Crippen LogP contribution in [-0.2, 0) is 4.79 Å². The van der Waals surface area contributed by atoms with E-state index in [1.165, 1.54) is 25.9 Å². The van der Waals surface area contributed by atoms with Gasteiger partial charge in [0.15, 0.2) is 0 Å². The van der Waals surface area contributed by atoms with Crippen LogP contribution in [0.1, 0.15) is 38.5 Å². The fourth-order valence-corrected chi connectivity index (χ4v) is 3.93. The number of nitrogens with zero attached hydrogens (tertiary/aromatic N) is 2. The van der Waals surface area contributed by atoms with E-state index in [1.807, 2.05) is 4.90 Å². The number of nitrogens with one attached hydrogen (secondary N) is 1. The zero-order valence-electron chi connectivity index (χ0n) is 12.5. The Morgan fingerprint density at radius 3 is 2.48 bits per heavy atom. The lowest BCUT2D eigenvalue weighted by Gasteiger charge is -2.24. The van der Waals surface area contributed by atoms with Crippen LogP contribution >= 0.6 is 0 Å². The molecule has 3 atom stereocenters. The number of likely N-dealkylation sites (tertiary alicyclic amines) is 2. The van der Waals surface area contributed by atoms with E-state index >= 15 is 0 Å². The zero-order valence-corrected chi connectivity index (χ0v) is 12.5. The van der Waals surface area contributed by atoms with Crippen molar-refractivity contribution in [2.75, 3.05) is 26.2 Å². The molecule has 118 valence electrons. The number of aliphatic carboxylic acids is 1. The smallest absolute Gasteiger partial charge is 0.317 e. The molecule has 1 aliphatic carbocycles. The van der Waals surface area contributed by atoms with Crippen molar-refractivity contribution in [1.29, 1.82) is 0 Å². The topological polar surface area (TPSA) is 72.9 Å². The first kappa shape index (κ1) is 14.6. The monoisotopic (exact) mass is 295 g/mol. The van der Waals surface area contributed by atoms with Crippen molar-refractivity contribution < 1.29 is 14.7 Å². The summed E-state index contributed by atoms with van der Waals surface area (Å²) in [6.45, 7) is 3.98. The summed E-state index contributed by atoms with van der Waals surface area (Å²) in [6.07, 6.45) is 5.66. The molecule has 1 saturated carbocycles. The van der Waals surface area contributed by atoms with Crippen LogP contribution in [0.2, 0.25) is 0 Å². The Labute approximate surface area is 125 Å². The van der Waals surface area contributed by atoms with Crippen molar-refractivity contribution in [3.63, 3.8) is 0 Å². The maximum absolute atomic E-state index is 12.3. The van der Waals surface area contributed by atoms with Crippen LogP contribution in [0.15, 0.2) is 0 Å². The lowest BCUT2D eigenvalue weighted by Crippen LogP contribution is -2.44. The number of hydrogen-bond donors (Lipinski definition) is 2. The Bertz CT molecular complexity index is 409. The van der Waals surface area contributed by atoms with Crippen LogP contribution in [0.3, 0.4) is 0 Å². The molecule has 3 aliphatic rings. The predicted molar refractivity (Wildman–Crippen MR) is 78.1 cm³/mol. The summed E-state index contributed by atoms with van der Waals surface area (Å²) in [5.74, 6) is -1.02. The number of carbonyl (C=O) groups excluding carboxylic acids is 1. The third kappa shape index (κ3) is 3.31. The van der Waals surface area contributed by atoms with Crippen LogP contribution in [0.5, 0.6) is 0 Å². The molecule has 3 fully saturated rings. The van der Waals surface area contributed by atoms with Gasteiger partial charge >= 0.3 is 12.0 Å². The summed E-state index contributed by atoms with van der Waals surface area (Å²) < 4.78 is 0. The molecule has 0 bridgehead atoms. The number of amides is 2. The maximum Gasteiger partial charge on any atom is 0.317 e. The highest BCUT2D eigenvalue weighted by molar-refractivity contribution is 5.75. The number of carboxylic acid groups (broad SMARTS) is 1. The van der Waals surface area contributed by atoms with Gasteiger partial charge in [0.25, 0.3) is 0 Å². The quantitative estimate of drug-likeness (QED) is 0.818. The zero-order chi connectivity index (χ0) is 14.8. The van der Waals surface area contributed by atoms with E-state index in [1.54, 1.807) is 0 Å². The maximum atomic E-state index is 12.3. The molecule has 21 heavy (non-hydrogen) atoms. The van der Waals surface area contributed by atoms with Gasteiger partial charge in [-0.2, -0.15) is 0 Å². The molecule has 2 amide bonds. The van der Waals surface area contributed by atoms with Crippen molar-refractivity contribution in [1.82, 2.24) is 15.1 Å². The normalized spacial score (nSPS) is 33.5. The summed E-state index contributed by atoms with van der Waals surface area (Å²) in [5.41, 5.74) is 0. The summed E-state index contributed by atoms with van der Waals surface area (Å²) in [7, 11) is 0. The second-order valence-corrected chi connectivity index (χ2v) is 6.63. The van der Waals surface area contributed by atoms with Crippen molar-refractivity contribution in [2.45, 2.75) is 50.6 Å². The van der Waals surface area contributed by atoms with E-state index in [4.69, 9.17) is 5.11 Å². The van der Waals surface area contributed by atoms with E-state index in [0.717, 1.165) is 25.9 Å². The van der Waals surface area contributed by atoms with E-state index in [0.29, 0.717) is 18.9 Å². The minimum atomic E-state index is -0.734. The van der Waals surface area contributed by atoms with Gasteiger partial charge in [-0.25, -0.2) is 4.79 Å². The van der Waals surface area contributed by atoms with Crippen LogP contribution in [-0.4, -0.2) is 65.2 Å². The van der Waals surface area contributed by atoms with Crippen molar-refractivity contribution >= 4 is 12.0 Å². The predicted octanol–water partition coefficient (Wildman–Crippen LogP) is 1.12.